The highest BCUT2D eigenvalue weighted by molar-refractivity contribution is 8.01. The second-order valence-electron chi connectivity index (χ2n) is 4.97. The predicted octanol–water partition coefficient (Wildman–Crippen LogP) is 5.84. The standard InChI is InChI=1S/C17H13ClFNOS2/c18-12-5-8-14-16(10-12)23-17(20-14)22-9-1-2-15(21)11-3-6-13(19)7-4-11/h3-8,10H,1-2,9H2. The number of hydrogen-bond donors (Lipinski definition) is 0. The van der Waals surface area contributed by atoms with Crippen LogP contribution in [0.3, 0.4) is 0 Å². The van der Waals surface area contributed by atoms with Crippen LogP contribution in [0, 0.1) is 5.82 Å². The van der Waals surface area contributed by atoms with Crippen LogP contribution in [0.25, 0.3) is 10.2 Å². The van der Waals surface area contributed by atoms with E-state index < -0.39 is 0 Å². The van der Waals surface area contributed by atoms with Gasteiger partial charge in [0.05, 0.1) is 10.2 Å². The highest BCUT2D eigenvalue weighted by Gasteiger charge is 2.08. The van der Waals surface area contributed by atoms with Crippen LogP contribution in [0.5, 0.6) is 0 Å². The lowest BCUT2D eigenvalue weighted by molar-refractivity contribution is 0.0982. The van der Waals surface area contributed by atoms with E-state index >= 15 is 0 Å². The fraction of sp³-hybridized carbons (Fsp3) is 0.176. The molecule has 0 amide bonds. The zero-order valence-electron chi connectivity index (χ0n) is 12.1. The number of thioether (sulfide) groups is 1. The van der Waals surface area contributed by atoms with Gasteiger partial charge in [0.25, 0.3) is 0 Å². The Kier molecular flexibility index (Phi) is 5.30. The third kappa shape index (κ3) is 4.31. The van der Waals surface area contributed by atoms with Crippen molar-refractivity contribution in [1.29, 1.82) is 0 Å². The summed E-state index contributed by atoms with van der Waals surface area (Å²) in [5, 5.41) is 0.711. The quantitative estimate of drug-likeness (QED) is 0.312. The van der Waals surface area contributed by atoms with E-state index in [0.717, 1.165) is 26.7 Å². The molecule has 1 aromatic heterocycles. The van der Waals surface area contributed by atoms with Crippen LogP contribution in [0.4, 0.5) is 4.39 Å². The summed E-state index contributed by atoms with van der Waals surface area (Å²) in [5.74, 6) is 0.537. The van der Waals surface area contributed by atoms with E-state index in [1.54, 1.807) is 23.1 Å². The number of thiazole rings is 1. The Morgan fingerprint density at radius 1 is 1.22 bits per heavy atom. The van der Waals surface area contributed by atoms with Gasteiger partial charge in [-0.1, -0.05) is 23.4 Å². The minimum atomic E-state index is -0.326. The molecule has 0 saturated heterocycles. The molecule has 2 nitrogen and oxygen atoms in total. The van der Waals surface area contributed by atoms with Crippen molar-refractivity contribution in [2.75, 3.05) is 5.75 Å². The van der Waals surface area contributed by atoms with E-state index in [1.807, 2.05) is 18.2 Å². The highest BCUT2D eigenvalue weighted by Crippen LogP contribution is 2.31. The van der Waals surface area contributed by atoms with Crippen molar-refractivity contribution in [3.05, 3.63) is 58.9 Å². The van der Waals surface area contributed by atoms with Gasteiger partial charge in [-0.25, -0.2) is 9.37 Å². The molecular formula is C17H13ClFNOS2. The molecule has 3 aromatic rings. The van der Waals surface area contributed by atoms with Gasteiger partial charge in [0, 0.05) is 22.8 Å². The lowest BCUT2D eigenvalue weighted by Gasteiger charge is -2.00. The van der Waals surface area contributed by atoms with Crippen molar-refractivity contribution in [2.45, 2.75) is 17.2 Å². The Labute approximate surface area is 146 Å². The lowest BCUT2D eigenvalue weighted by Crippen LogP contribution is -1.99. The Morgan fingerprint density at radius 2 is 2.00 bits per heavy atom. The monoisotopic (exact) mass is 365 g/mol. The van der Waals surface area contributed by atoms with Gasteiger partial charge in [-0.15, -0.1) is 11.3 Å². The van der Waals surface area contributed by atoms with Crippen LogP contribution in [0.2, 0.25) is 5.02 Å². The largest absolute Gasteiger partial charge is 0.294 e. The second-order valence-corrected chi connectivity index (χ2v) is 7.78. The third-order valence-electron chi connectivity index (χ3n) is 3.27. The van der Waals surface area contributed by atoms with Crippen molar-refractivity contribution in [3.8, 4) is 0 Å². The number of Topliss-reactive ketones (excluding diaryl/α,β-unsaturated/α-hetero) is 1. The predicted molar refractivity (Wildman–Crippen MR) is 95.3 cm³/mol. The van der Waals surface area contributed by atoms with Crippen LogP contribution in [0.1, 0.15) is 23.2 Å². The Morgan fingerprint density at radius 3 is 2.78 bits per heavy atom. The van der Waals surface area contributed by atoms with E-state index in [-0.39, 0.29) is 11.6 Å². The highest BCUT2D eigenvalue weighted by atomic mass is 35.5. The molecule has 23 heavy (non-hydrogen) atoms. The SMILES string of the molecule is O=C(CCCSc1nc2ccc(Cl)cc2s1)c1ccc(F)cc1. The molecule has 0 bridgehead atoms. The van der Waals surface area contributed by atoms with Gasteiger partial charge in [0.15, 0.2) is 10.1 Å². The molecule has 0 aliphatic rings. The lowest BCUT2D eigenvalue weighted by atomic mass is 10.1. The van der Waals surface area contributed by atoms with Gasteiger partial charge >= 0.3 is 0 Å². The number of carbonyl (C=O) groups excluding carboxylic acids is 1. The number of nitrogens with zero attached hydrogens (tertiary/aromatic N) is 1. The van der Waals surface area contributed by atoms with E-state index in [0.29, 0.717) is 17.0 Å². The summed E-state index contributed by atoms with van der Waals surface area (Å²) >= 11 is 9.22. The van der Waals surface area contributed by atoms with E-state index in [4.69, 9.17) is 11.6 Å². The molecule has 6 heteroatoms. The molecule has 0 aliphatic heterocycles. The number of carbonyl (C=O) groups is 1. The Bertz CT molecular complexity index is 832. The second kappa shape index (κ2) is 7.43. The summed E-state index contributed by atoms with van der Waals surface area (Å²) in [6, 6.07) is 11.3. The zero-order chi connectivity index (χ0) is 16.2. The van der Waals surface area contributed by atoms with Crippen LogP contribution in [0.15, 0.2) is 46.8 Å². The number of aromatic nitrogens is 1. The maximum absolute atomic E-state index is 12.8. The number of hydrogen-bond acceptors (Lipinski definition) is 4. The summed E-state index contributed by atoms with van der Waals surface area (Å²) in [7, 11) is 0. The van der Waals surface area contributed by atoms with Crippen LogP contribution >= 0.6 is 34.7 Å². The average Bonchev–Trinajstić information content (AvgIpc) is 2.94. The van der Waals surface area contributed by atoms with E-state index in [9.17, 15) is 9.18 Å². The van der Waals surface area contributed by atoms with Gasteiger partial charge in [-0.05, 0) is 48.9 Å². The summed E-state index contributed by atoms with van der Waals surface area (Å²) in [6.45, 7) is 0. The molecule has 0 spiro atoms. The molecule has 0 N–H and O–H groups in total. The molecule has 2 aromatic carbocycles. The topological polar surface area (TPSA) is 30.0 Å². The maximum atomic E-state index is 12.8. The number of rotatable bonds is 6. The molecule has 118 valence electrons. The van der Waals surface area contributed by atoms with Gasteiger partial charge in [0.2, 0.25) is 0 Å². The van der Waals surface area contributed by atoms with Crippen LogP contribution in [-0.4, -0.2) is 16.5 Å². The van der Waals surface area contributed by atoms with Crippen molar-refractivity contribution in [2.24, 2.45) is 0 Å². The Hall–Kier alpha value is -1.43. The van der Waals surface area contributed by atoms with E-state index in [2.05, 4.69) is 4.98 Å². The minimum absolute atomic E-state index is 0.0432. The molecule has 3 rings (SSSR count). The van der Waals surface area contributed by atoms with Crippen molar-refractivity contribution in [3.63, 3.8) is 0 Å². The number of halogens is 2. The van der Waals surface area contributed by atoms with Crippen LogP contribution < -0.4 is 0 Å². The fourth-order valence-electron chi connectivity index (χ4n) is 2.11. The first-order valence-corrected chi connectivity index (χ1v) is 9.27. The summed E-state index contributed by atoms with van der Waals surface area (Å²) in [5.41, 5.74) is 1.51. The van der Waals surface area contributed by atoms with Gasteiger partial charge < -0.3 is 0 Å². The molecular weight excluding hydrogens is 353 g/mol. The van der Waals surface area contributed by atoms with Crippen molar-refractivity contribution < 1.29 is 9.18 Å². The zero-order valence-corrected chi connectivity index (χ0v) is 14.5. The first-order chi connectivity index (χ1) is 11.1. The summed E-state index contributed by atoms with van der Waals surface area (Å²) < 4.78 is 14.9. The molecule has 0 fully saturated rings. The fourth-order valence-corrected chi connectivity index (χ4v) is 4.47. The Balaban J connectivity index is 1.50. The third-order valence-corrected chi connectivity index (χ3v) is 5.75. The number of fused-ring (bicyclic) bond motifs is 1. The van der Waals surface area contributed by atoms with Crippen molar-refractivity contribution in [1.82, 2.24) is 4.98 Å². The first kappa shape index (κ1) is 16.4. The van der Waals surface area contributed by atoms with Crippen molar-refractivity contribution >= 4 is 50.7 Å². The first-order valence-electron chi connectivity index (χ1n) is 7.09. The number of benzene rings is 2. The summed E-state index contributed by atoms with van der Waals surface area (Å²) in [6.07, 6.45) is 1.22. The molecule has 0 atom stereocenters. The molecule has 0 radical (unpaired) electrons. The number of ketones is 1. The van der Waals surface area contributed by atoms with Gasteiger partial charge in [-0.2, -0.15) is 0 Å². The van der Waals surface area contributed by atoms with Gasteiger partial charge in [0.1, 0.15) is 5.82 Å². The molecule has 0 aliphatic carbocycles. The average molecular weight is 366 g/mol. The molecule has 0 saturated carbocycles. The maximum Gasteiger partial charge on any atom is 0.162 e. The smallest absolute Gasteiger partial charge is 0.162 e. The van der Waals surface area contributed by atoms with Crippen LogP contribution in [-0.2, 0) is 0 Å². The van der Waals surface area contributed by atoms with E-state index in [1.165, 1.54) is 24.3 Å². The molecule has 0 unspecified atom stereocenters. The minimum Gasteiger partial charge on any atom is -0.294 e. The summed E-state index contributed by atoms with van der Waals surface area (Å²) in [4.78, 5) is 16.5. The van der Waals surface area contributed by atoms with Gasteiger partial charge in [-0.3, -0.25) is 4.79 Å². The molecule has 1 heterocycles. The normalized spacial score (nSPS) is 11.0.